The number of aromatic nitrogens is 1. The number of carbonyl (C=O) groups excluding carboxylic acids is 3. The van der Waals surface area contributed by atoms with Crippen molar-refractivity contribution in [3.63, 3.8) is 0 Å². The Hall–Kier alpha value is -3.46. The summed E-state index contributed by atoms with van der Waals surface area (Å²) < 4.78 is 5.15. The second-order valence-corrected chi connectivity index (χ2v) is 8.32. The molecule has 170 valence electrons. The van der Waals surface area contributed by atoms with Gasteiger partial charge >= 0.3 is 12.1 Å². The van der Waals surface area contributed by atoms with Crippen molar-refractivity contribution >= 4 is 41.0 Å². The van der Waals surface area contributed by atoms with E-state index in [0.29, 0.717) is 5.56 Å². The van der Waals surface area contributed by atoms with Gasteiger partial charge < -0.3 is 20.5 Å². The number of carboxylic acids is 1. The molecule has 0 radical (unpaired) electrons. The lowest BCUT2D eigenvalue weighted by Gasteiger charge is -2.23. The highest BCUT2D eigenvalue weighted by molar-refractivity contribution is 6.31. The fourth-order valence-electron chi connectivity index (χ4n) is 2.67. The van der Waals surface area contributed by atoms with Crippen LogP contribution in [0.15, 0.2) is 42.7 Å². The third-order valence-electron chi connectivity index (χ3n) is 4.06. The number of hydrogen-bond donors (Lipinski definition) is 3. The van der Waals surface area contributed by atoms with E-state index in [2.05, 4.69) is 15.6 Å². The molecule has 2 aromatic rings. The summed E-state index contributed by atoms with van der Waals surface area (Å²) in [5.41, 5.74) is -0.246. The Morgan fingerprint density at radius 1 is 1.19 bits per heavy atom. The third kappa shape index (κ3) is 7.66. The lowest BCUT2D eigenvalue weighted by atomic mass is 10.0. The molecule has 10 heteroatoms. The van der Waals surface area contributed by atoms with Crippen LogP contribution >= 0.6 is 11.6 Å². The maximum Gasteiger partial charge on any atom is 0.408 e. The molecule has 3 N–H and O–H groups in total. The molecule has 0 fully saturated rings. The largest absolute Gasteiger partial charge is 0.481 e. The number of nitrogens with one attached hydrogen (secondary N) is 2. The molecule has 1 heterocycles. The number of pyridine rings is 1. The number of aliphatic carboxylic acids is 1. The van der Waals surface area contributed by atoms with Crippen LogP contribution < -0.4 is 10.6 Å². The Labute approximate surface area is 190 Å². The Bertz CT molecular complexity index is 1000. The summed E-state index contributed by atoms with van der Waals surface area (Å²) in [4.78, 5) is 52.8. The van der Waals surface area contributed by atoms with E-state index in [4.69, 9.17) is 21.4 Å². The zero-order chi connectivity index (χ0) is 23.9. The van der Waals surface area contributed by atoms with Gasteiger partial charge in [0.15, 0.2) is 5.78 Å². The second-order valence-electron chi connectivity index (χ2n) is 7.88. The molecule has 0 aliphatic heterocycles. The fourth-order valence-corrected chi connectivity index (χ4v) is 2.84. The van der Waals surface area contributed by atoms with Crippen molar-refractivity contribution in [3.8, 4) is 0 Å². The minimum Gasteiger partial charge on any atom is -0.481 e. The van der Waals surface area contributed by atoms with E-state index in [1.165, 1.54) is 30.6 Å². The Balaban J connectivity index is 2.27. The summed E-state index contributed by atoms with van der Waals surface area (Å²) in [6.07, 6.45) is 1.49. The number of halogens is 1. The molecular formula is C22H24ClN3O6. The van der Waals surface area contributed by atoms with Crippen molar-refractivity contribution in [1.82, 2.24) is 10.3 Å². The van der Waals surface area contributed by atoms with Crippen LogP contribution in [0.1, 0.15) is 49.5 Å². The van der Waals surface area contributed by atoms with Crippen molar-refractivity contribution in [2.24, 2.45) is 0 Å². The van der Waals surface area contributed by atoms with E-state index in [1.807, 2.05) is 0 Å². The van der Waals surface area contributed by atoms with Gasteiger partial charge in [-0.1, -0.05) is 11.6 Å². The zero-order valence-electron chi connectivity index (χ0n) is 17.8. The second kappa shape index (κ2) is 10.7. The number of amides is 2. The summed E-state index contributed by atoms with van der Waals surface area (Å²) in [5, 5.41) is 14.2. The van der Waals surface area contributed by atoms with Crippen molar-refractivity contribution < 1.29 is 29.0 Å². The molecule has 0 aliphatic rings. The van der Waals surface area contributed by atoms with E-state index >= 15 is 0 Å². The van der Waals surface area contributed by atoms with E-state index in [-0.39, 0.29) is 29.1 Å². The van der Waals surface area contributed by atoms with Crippen molar-refractivity contribution in [2.45, 2.75) is 45.3 Å². The number of carbonyl (C=O) groups is 4. The van der Waals surface area contributed by atoms with E-state index in [9.17, 15) is 19.2 Å². The summed E-state index contributed by atoms with van der Waals surface area (Å²) in [6, 6.07) is 6.30. The number of rotatable bonds is 8. The number of carboxylic acid groups (broad SMARTS) is 1. The van der Waals surface area contributed by atoms with Crippen molar-refractivity contribution in [1.29, 1.82) is 0 Å². The first kappa shape index (κ1) is 24.8. The van der Waals surface area contributed by atoms with Gasteiger partial charge in [-0.05, 0) is 57.5 Å². The average molecular weight is 462 g/mol. The van der Waals surface area contributed by atoms with Crippen molar-refractivity contribution in [3.05, 3.63) is 58.9 Å². The topological polar surface area (TPSA) is 135 Å². The number of ether oxygens (including phenoxy) is 1. The highest BCUT2D eigenvalue weighted by Gasteiger charge is 2.26. The van der Waals surface area contributed by atoms with Crippen LogP contribution in [0.2, 0.25) is 5.02 Å². The summed E-state index contributed by atoms with van der Waals surface area (Å²) >= 11 is 6.04. The van der Waals surface area contributed by atoms with Crippen LogP contribution in [0.3, 0.4) is 0 Å². The third-order valence-corrected chi connectivity index (χ3v) is 4.30. The van der Waals surface area contributed by atoms with Crippen LogP contribution in [0, 0.1) is 0 Å². The van der Waals surface area contributed by atoms with Crippen LogP contribution in [0.4, 0.5) is 10.5 Å². The van der Waals surface area contributed by atoms with E-state index in [1.54, 1.807) is 32.9 Å². The highest BCUT2D eigenvalue weighted by Crippen LogP contribution is 2.24. The monoisotopic (exact) mass is 461 g/mol. The molecule has 9 nitrogen and oxygen atoms in total. The van der Waals surface area contributed by atoms with Gasteiger partial charge in [0.1, 0.15) is 11.6 Å². The number of anilines is 1. The first-order chi connectivity index (χ1) is 15.0. The van der Waals surface area contributed by atoms with E-state index < -0.39 is 35.4 Å². The zero-order valence-corrected chi connectivity index (χ0v) is 18.6. The molecule has 1 aromatic heterocycles. The first-order valence-corrected chi connectivity index (χ1v) is 10.1. The lowest BCUT2D eigenvalue weighted by Crippen LogP contribution is -2.46. The molecule has 2 rings (SSSR count). The number of nitrogens with zero attached hydrogens (tertiary/aromatic N) is 1. The van der Waals surface area contributed by atoms with Gasteiger partial charge in [0.25, 0.3) is 0 Å². The summed E-state index contributed by atoms with van der Waals surface area (Å²) in [5.74, 6) is -2.26. The predicted molar refractivity (Wildman–Crippen MR) is 118 cm³/mol. The van der Waals surface area contributed by atoms with Gasteiger partial charge in [-0.15, -0.1) is 0 Å². The number of ketones is 1. The summed E-state index contributed by atoms with van der Waals surface area (Å²) in [7, 11) is 0. The van der Waals surface area contributed by atoms with Crippen LogP contribution in [-0.4, -0.2) is 45.5 Å². The molecule has 0 unspecified atom stereocenters. The van der Waals surface area contributed by atoms with Gasteiger partial charge in [-0.3, -0.25) is 19.4 Å². The molecule has 1 atom stereocenters. The standard InChI is InChI=1S/C22H24ClN3O6/c1-22(2,3)32-21(31)26-17(8-9-18(27)28)20(30)25-16-7-6-14(23)11-15(16)19(29)13-5-4-10-24-12-13/h4-7,10-12,17H,8-9H2,1-3H3,(H,25,30)(H,26,31)(H,27,28)/t17-/m0/s1. The van der Waals surface area contributed by atoms with Gasteiger partial charge in [-0.2, -0.15) is 0 Å². The quantitative estimate of drug-likeness (QED) is 0.510. The minimum atomic E-state index is -1.21. The van der Waals surface area contributed by atoms with Gasteiger partial charge in [0.05, 0.1) is 5.69 Å². The summed E-state index contributed by atoms with van der Waals surface area (Å²) in [6.45, 7) is 4.97. The van der Waals surface area contributed by atoms with E-state index in [0.717, 1.165) is 0 Å². The maximum atomic E-state index is 12.9. The number of hydrogen-bond acceptors (Lipinski definition) is 6. The number of alkyl carbamates (subject to hydrolysis) is 1. The van der Waals surface area contributed by atoms with Crippen LogP contribution in [-0.2, 0) is 14.3 Å². The normalized spacial score (nSPS) is 11.9. The fraction of sp³-hybridized carbons (Fsp3) is 0.318. The maximum absolute atomic E-state index is 12.9. The van der Waals surface area contributed by atoms with Gasteiger partial charge in [0.2, 0.25) is 5.91 Å². The molecule has 0 spiro atoms. The molecule has 1 aromatic carbocycles. The Kier molecular flexibility index (Phi) is 8.31. The lowest BCUT2D eigenvalue weighted by molar-refractivity contribution is -0.137. The Morgan fingerprint density at radius 3 is 2.50 bits per heavy atom. The van der Waals surface area contributed by atoms with Gasteiger partial charge in [0, 0.05) is 35.0 Å². The smallest absolute Gasteiger partial charge is 0.408 e. The van der Waals surface area contributed by atoms with Crippen LogP contribution in [0.5, 0.6) is 0 Å². The molecule has 0 bridgehead atoms. The molecule has 32 heavy (non-hydrogen) atoms. The molecule has 2 amide bonds. The molecule has 0 saturated heterocycles. The predicted octanol–water partition coefficient (Wildman–Crippen LogP) is 3.66. The molecule has 0 saturated carbocycles. The average Bonchev–Trinajstić information content (AvgIpc) is 2.71. The highest BCUT2D eigenvalue weighted by atomic mass is 35.5. The number of benzene rings is 1. The van der Waals surface area contributed by atoms with Crippen molar-refractivity contribution in [2.75, 3.05) is 5.32 Å². The first-order valence-electron chi connectivity index (χ1n) is 9.72. The molecular weight excluding hydrogens is 438 g/mol. The molecule has 0 aliphatic carbocycles. The van der Waals surface area contributed by atoms with Gasteiger partial charge in [-0.25, -0.2) is 4.79 Å². The Morgan fingerprint density at radius 2 is 1.91 bits per heavy atom. The SMILES string of the molecule is CC(C)(C)OC(=O)N[C@@H](CCC(=O)O)C(=O)Nc1ccc(Cl)cc1C(=O)c1cccnc1. The van der Waals surface area contributed by atoms with Crippen LogP contribution in [0.25, 0.3) is 0 Å². The minimum absolute atomic E-state index is 0.119.